The smallest absolute Gasteiger partial charge is 0.192 e. The Balaban J connectivity index is 2.02. The van der Waals surface area contributed by atoms with E-state index in [1.54, 1.807) is 20.8 Å². The van der Waals surface area contributed by atoms with Gasteiger partial charge in [-0.15, -0.1) is 0 Å². The fraction of sp³-hybridized carbons (Fsp3) is 0.400. The van der Waals surface area contributed by atoms with Gasteiger partial charge in [0.1, 0.15) is 40.4 Å². The van der Waals surface area contributed by atoms with Crippen molar-refractivity contribution >= 4 is 11.6 Å². The zero-order valence-corrected chi connectivity index (χ0v) is 22.3. The second-order valence-corrected chi connectivity index (χ2v) is 10.7. The lowest BCUT2D eigenvalue weighted by Gasteiger charge is -2.38. The second kappa shape index (κ2) is 9.29. The fourth-order valence-corrected chi connectivity index (χ4v) is 5.66. The van der Waals surface area contributed by atoms with Crippen LogP contribution in [-0.4, -0.2) is 34.0 Å². The molecule has 37 heavy (non-hydrogen) atoms. The van der Waals surface area contributed by atoms with Gasteiger partial charge in [0, 0.05) is 28.2 Å². The van der Waals surface area contributed by atoms with E-state index < -0.39 is 23.2 Å². The topological polar surface area (TPSA) is 113 Å². The molecule has 0 aromatic heterocycles. The first-order chi connectivity index (χ1) is 17.3. The van der Waals surface area contributed by atoms with E-state index in [1.165, 1.54) is 14.0 Å². The van der Waals surface area contributed by atoms with Crippen molar-refractivity contribution in [3.63, 3.8) is 0 Å². The summed E-state index contributed by atoms with van der Waals surface area (Å²) in [5, 5.41) is 33.8. The molecule has 3 N–H and O–H groups in total. The molecule has 2 aromatic carbocycles. The van der Waals surface area contributed by atoms with Crippen LogP contribution in [0.1, 0.15) is 80.1 Å². The molecule has 0 fully saturated rings. The van der Waals surface area contributed by atoms with Crippen LogP contribution < -0.4 is 4.74 Å². The first-order valence-electron chi connectivity index (χ1n) is 12.4. The van der Waals surface area contributed by atoms with Crippen molar-refractivity contribution in [3.05, 3.63) is 75.3 Å². The highest BCUT2D eigenvalue weighted by Crippen LogP contribution is 2.55. The number of Topliss-reactive ketones (excluding diaryl/α,β-unsaturated/α-hetero) is 2. The Morgan fingerprint density at radius 1 is 1.03 bits per heavy atom. The largest absolute Gasteiger partial charge is 0.511 e. The van der Waals surface area contributed by atoms with Crippen molar-refractivity contribution < 1.29 is 34.4 Å². The van der Waals surface area contributed by atoms with Crippen LogP contribution >= 0.6 is 0 Å². The SMILES string of the molecule is COC1=C(C)C(=O)C(C(c2c(O)c(C)c(O)c3c2OC(c2ccccc2)CC3=O)C(C)C)=C(O)C1(C)C. The Morgan fingerprint density at radius 2 is 1.65 bits per heavy atom. The number of rotatable bonds is 5. The molecule has 2 atom stereocenters. The summed E-state index contributed by atoms with van der Waals surface area (Å²) in [6.07, 6.45) is -0.628. The van der Waals surface area contributed by atoms with E-state index in [4.69, 9.17) is 9.47 Å². The molecule has 4 rings (SSSR count). The maximum absolute atomic E-state index is 13.7. The van der Waals surface area contributed by atoms with E-state index in [-0.39, 0.29) is 63.4 Å². The van der Waals surface area contributed by atoms with Gasteiger partial charge in [-0.2, -0.15) is 0 Å². The minimum absolute atomic E-state index is 0.0134. The number of aliphatic hydroxyl groups is 1. The Labute approximate surface area is 217 Å². The molecule has 0 bridgehead atoms. The van der Waals surface area contributed by atoms with Crippen LogP contribution in [0.4, 0.5) is 0 Å². The van der Waals surface area contributed by atoms with Crippen LogP contribution in [0.25, 0.3) is 0 Å². The zero-order valence-electron chi connectivity index (χ0n) is 22.3. The molecule has 2 unspecified atom stereocenters. The number of methoxy groups -OCH3 is 1. The van der Waals surface area contributed by atoms with Crippen LogP contribution in [0.5, 0.6) is 17.2 Å². The van der Waals surface area contributed by atoms with Gasteiger partial charge in [0.2, 0.25) is 0 Å². The molecule has 0 amide bonds. The molecule has 1 aliphatic carbocycles. The minimum atomic E-state index is -1.000. The summed E-state index contributed by atoms with van der Waals surface area (Å²) < 4.78 is 11.8. The number of carbonyl (C=O) groups is 2. The molecule has 0 radical (unpaired) electrons. The van der Waals surface area contributed by atoms with Gasteiger partial charge in [-0.1, -0.05) is 44.2 Å². The monoisotopic (exact) mass is 506 g/mol. The maximum atomic E-state index is 13.7. The summed E-state index contributed by atoms with van der Waals surface area (Å²) in [4.78, 5) is 27.1. The van der Waals surface area contributed by atoms with Crippen molar-refractivity contribution in [1.82, 2.24) is 0 Å². The normalized spacial score (nSPS) is 20.2. The number of hydrogen-bond acceptors (Lipinski definition) is 7. The highest BCUT2D eigenvalue weighted by molar-refractivity contribution is 6.11. The Morgan fingerprint density at radius 3 is 2.22 bits per heavy atom. The van der Waals surface area contributed by atoms with Crippen molar-refractivity contribution in [3.8, 4) is 17.2 Å². The first-order valence-corrected chi connectivity index (χ1v) is 12.4. The summed E-state index contributed by atoms with van der Waals surface area (Å²) in [5.41, 5.74) is 0.535. The fourth-order valence-electron chi connectivity index (χ4n) is 5.66. The van der Waals surface area contributed by atoms with E-state index in [0.717, 1.165) is 5.56 Å². The number of phenols is 2. The van der Waals surface area contributed by atoms with Gasteiger partial charge >= 0.3 is 0 Å². The van der Waals surface area contributed by atoms with Gasteiger partial charge in [-0.05, 0) is 39.2 Å². The van der Waals surface area contributed by atoms with Gasteiger partial charge in [0.25, 0.3) is 0 Å². The lowest BCUT2D eigenvalue weighted by molar-refractivity contribution is -0.113. The number of aliphatic hydroxyl groups excluding tert-OH is 1. The van der Waals surface area contributed by atoms with E-state index in [2.05, 4.69) is 0 Å². The van der Waals surface area contributed by atoms with Crippen LogP contribution in [-0.2, 0) is 9.53 Å². The van der Waals surface area contributed by atoms with Gasteiger partial charge in [-0.25, -0.2) is 0 Å². The number of fused-ring (bicyclic) bond motifs is 1. The molecule has 1 aliphatic heterocycles. The molecule has 2 aromatic rings. The van der Waals surface area contributed by atoms with Crippen molar-refractivity contribution in [2.24, 2.45) is 11.3 Å². The summed E-state index contributed by atoms with van der Waals surface area (Å²) in [7, 11) is 1.46. The molecule has 0 spiro atoms. The molecule has 1 heterocycles. The minimum Gasteiger partial charge on any atom is -0.511 e. The van der Waals surface area contributed by atoms with E-state index in [0.29, 0.717) is 11.3 Å². The van der Waals surface area contributed by atoms with Crippen molar-refractivity contribution in [2.75, 3.05) is 7.11 Å². The molecule has 0 saturated heterocycles. The number of phenolic OH excluding ortho intramolecular Hbond substituents is 2. The Kier molecular flexibility index (Phi) is 6.61. The third-order valence-electron chi connectivity index (χ3n) is 7.59. The lowest BCUT2D eigenvalue weighted by Crippen LogP contribution is -2.34. The van der Waals surface area contributed by atoms with Gasteiger partial charge in [-0.3, -0.25) is 9.59 Å². The maximum Gasteiger partial charge on any atom is 0.192 e. The van der Waals surface area contributed by atoms with Gasteiger partial charge in [0.05, 0.1) is 18.9 Å². The number of carbonyl (C=O) groups excluding carboxylic acids is 2. The molecule has 0 saturated carbocycles. The molecule has 196 valence electrons. The Hall–Kier alpha value is -3.74. The van der Waals surface area contributed by atoms with Crippen LogP contribution in [0.15, 0.2) is 53.0 Å². The predicted octanol–water partition coefficient (Wildman–Crippen LogP) is 6.19. The third kappa shape index (κ3) is 3.97. The number of hydrogen-bond donors (Lipinski definition) is 3. The van der Waals surface area contributed by atoms with E-state index in [1.807, 2.05) is 44.2 Å². The van der Waals surface area contributed by atoms with Crippen LogP contribution in [0.3, 0.4) is 0 Å². The predicted molar refractivity (Wildman–Crippen MR) is 139 cm³/mol. The standard InChI is InChI=1S/C30H34O7/c1-14(2)20(23-26(34)16(4)29(36-7)30(5,6)28(23)35)22-25(33)15(3)24(32)21-18(31)13-19(37-27(21)22)17-11-9-8-10-12-17/h8-12,14,19-20,32-33,35H,13H2,1-7H3. The Bertz CT molecular complexity index is 1350. The zero-order chi connectivity index (χ0) is 27.4. The molecule has 2 aliphatic rings. The van der Waals surface area contributed by atoms with Gasteiger partial charge < -0.3 is 24.8 Å². The van der Waals surface area contributed by atoms with Crippen molar-refractivity contribution in [2.45, 2.75) is 60.0 Å². The highest BCUT2D eigenvalue weighted by Gasteiger charge is 2.47. The molecule has 7 heteroatoms. The van der Waals surface area contributed by atoms with Crippen molar-refractivity contribution in [1.29, 1.82) is 0 Å². The first kappa shape index (κ1) is 26.3. The van der Waals surface area contributed by atoms with Gasteiger partial charge in [0.15, 0.2) is 11.6 Å². The molecular weight excluding hydrogens is 472 g/mol. The number of ether oxygens (including phenoxy) is 2. The summed E-state index contributed by atoms with van der Waals surface area (Å²) in [6.45, 7) is 10.4. The summed E-state index contributed by atoms with van der Waals surface area (Å²) in [6, 6.07) is 9.24. The summed E-state index contributed by atoms with van der Waals surface area (Å²) in [5.74, 6) is -2.26. The van der Waals surface area contributed by atoms with Crippen LogP contribution in [0.2, 0.25) is 0 Å². The average molecular weight is 507 g/mol. The van der Waals surface area contributed by atoms with E-state index >= 15 is 0 Å². The quantitative estimate of drug-likeness (QED) is 0.443. The number of aromatic hydroxyl groups is 2. The average Bonchev–Trinajstić information content (AvgIpc) is 2.85. The van der Waals surface area contributed by atoms with E-state index in [9.17, 15) is 24.9 Å². The lowest BCUT2D eigenvalue weighted by atomic mass is 9.69. The second-order valence-electron chi connectivity index (χ2n) is 10.7. The molecular formula is C30H34O7. The number of ketones is 2. The van der Waals surface area contributed by atoms with Crippen LogP contribution in [0, 0.1) is 18.3 Å². The number of benzene rings is 2. The highest BCUT2D eigenvalue weighted by atomic mass is 16.5. The third-order valence-corrected chi connectivity index (χ3v) is 7.59. The summed E-state index contributed by atoms with van der Waals surface area (Å²) >= 11 is 0. The number of allylic oxidation sites excluding steroid dienone is 2. The molecule has 7 nitrogen and oxygen atoms in total.